The number of nitrogens with zero attached hydrogens (tertiary/aromatic N) is 1. The van der Waals surface area contributed by atoms with Gasteiger partial charge in [-0.05, 0) is 25.0 Å². The van der Waals surface area contributed by atoms with E-state index in [1.807, 2.05) is 18.2 Å². The highest BCUT2D eigenvalue weighted by atomic mass is 32.2. The Bertz CT molecular complexity index is 653. The van der Waals surface area contributed by atoms with E-state index < -0.39 is 22.6 Å². The maximum absolute atomic E-state index is 13.1. The van der Waals surface area contributed by atoms with Crippen molar-refractivity contribution < 1.29 is 17.8 Å². The van der Waals surface area contributed by atoms with Crippen LogP contribution in [0.3, 0.4) is 0 Å². The van der Waals surface area contributed by atoms with Crippen LogP contribution in [0.1, 0.15) is 32.1 Å². The number of hydrogen-bond donors (Lipinski definition) is 0. The van der Waals surface area contributed by atoms with Gasteiger partial charge in [-0.15, -0.1) is 0 Å². The molecule has 0 N–H and O–H groups in total. The zero-order valence-corrected chi connectivity index (χ0v) is 15.1. The van der Waals surface area contributed by atoms with Crippen molar-refractivity contribution in [3.05, 3.63) is 30.3 Å². The molecule has 0 saturated heterocycles. The number of benzene rings is 1. The summed E-state index contributed by atoms with van der Waals surface area (Å²) in [5.74, 6) is 0. The Hall–Kier alpha value is -0.680. The Labute approximate surface area is 133 Å². The van der Waals surface area contributed by atoms with Crippen LogP contribution in [0.5, 0.6) is 0 Å². The van der Waals surface area contributed by atoms with Gasteiger partial charge in [-0.1, -0.05) is 37.5 Å². The van der Waals surface area contributed by atoms with Gasteiger partial charge in [0, 0.05) is 25.4 Å². The lowest BCUT2D eigenvalue weighted by Crippen LogP contribution is -2.32. The van der Waals surface area contributed by atoms with Gasteiger partial charge in [-0.25, -0.2) is 8.57 Å². The van der Waals surface area contributed by atoms with Gasteiger partial charge < -0.3 is 9.05 Å². The van der Waals surface area contributed by atoms with Crippen molar-refractivity contribution in [1.82, 2.24) is 0 Å². The molecule has 1 saturated carbocycles. The third-order valence-electron chi connectivity index (χ3n) is 4.17. The van der Waals surface area contributed by atoms with Crippen LogP contribution in [0.15, 0.2) is 39.6 Å². The fourth-order valence-corrected chi connectivity index (χ4v) is 7.16. The van der Waals surface area contributed by atoms with E-state index in [0.29, 0.717) is 17.7 Å². The molecular formula is C15H24NO4PS. The largest absolute Gasteiger partial charge is 0.358 e. The van der Waals surface area contributed by atoms with Gasteiger partial charge in [0.1, 0.15) is 0 Å². The quantitative estimate of drug-likeness (QED) is 0.747. The summed E-state index contributed by atoms with van der Waals surface area (Å²) in [6.45, 7) is 0. The van der Waals surface area contributed by atoms with Gasteiger partial charge in [-0.3, -0.25) is 4.57 Å². The van der Waals surface area contributed by atoms with Crippen molar-refractivity contribution in [1.29, 1.82) is 0 Å². The van der Waals surface area contributed by atoms with Gasteiger partial charge in [0.05, 0.1) is 9.73 Å². The van der Waals surface area contributed by atoms with Gasteiger partial charge in [-0.2, -0.15) is 0 Å². The Morgan fingerprint density at radius 3 is 2.14 bits per heavy atom. The van der Waals surface area contributed by atoms with Crippen molar-refractivity contribution in [3.8, 4) is 0 Å². The summed E-state index contributed by atoms with van der Waals surface area (Å²) in [5.41, 5.74) is 0. The van der Waals surface area contributed by atoms with Gasteiger partial charge in [0.15, 0.2) is 5.28 Å². The minimum absolute atomic E-state index is 0.573. The van der Waals surface area contributed by atoms with Crippen LogP contribution in [0.2, 0.25) is 0 Å². The van der Waals surface area contributed by atoms with E-state index in [1.165, 1.54) is 14.2 Å². The van der Waals surface area contributed by atoms with Crippen LogP contribution in [-0.2, 0) is 23.3 Å². The Kier molecular flexibility index (Phi) is 5.49. The fourth-order valence-electron chi connectivity index (χ4n) is 3.00. The average molecular weight is 345 g/mol. The van der Waals surface area contributed by atoms with E-state index in [-0.39, 0.29) is 0 Å². The van der Waals surface area contributed by atoms with Crippen LogP contribution in [-0.4, -0.2) is 30.0 Å². The van der Waals surface area contributed by atoms with E-state index in [9.17, 15) is 8.77 Å². The smallest absolute Gasteiger partial charge is 0.310 e. The van der Waals surface area contributed by atoms with E-state index in [4.69, 9.17) is 9.05 Å². The molecule has 0 amide bonds. The SMILES string of the molecule is COP(=O)(OC)C1(N=S(C)(=O)c2ccccc2)CCCCC1. The zero-order chi connectivity index (χ0) is 16.3. The lowest BCUT2D eigenvalue weighted by molar-refractivity contribution is 0.225. The summed E-state index contributed by atoms with van der Waals surface area (Å²) >= 11 is 0. The number of rotatable bonds is 5. The second kappa shape index (κ2) is 6.83. The summed E-state index contributed by atoms with van der Waals surface area (Å²) in [6.07, 6.45) is 5.55. The highest BCUT2D eigenvalue weighted by Gasteiger charge is 2.51. The Balaban J connectivity index is 2.58. The second-order valence-corrected chi connectivity index (χ2v) is 10.4. The van der Waals surface area contributed by atoms with Gasteiger partial charge >= 0.3 is 7.60 Å². The molecule has 22 heavy (non-hydrogen) atoms. The van der Waals surface area contributed by atoms with E-state index in [2.05, 4.69) is 4.36 Å². The summed E-state index contributed by atoms with van der Waals surface area (Å²) < 4.78 is 41.3. The molecule has 1 aromatic rings. The zero-order valence-electron chi connectivity index (χ0n) is 13.4. The molecule has 1 fully saturated rings. The molecule has 7 heteroatoms. The summed E-state index contributed by atoms with van der Waals surface area (Å²) in [4.78, 5) is 0.638. The van der Waals surface area contributed by atoms with Crippen molar-refractivity contribution in [2.75, 3.05) is 20.5 Å². The first-order valence-corrected chi connectivity index (χ1v) is 10.9. The van der Waals surface area contributed by atoms with Crippen molar-refractivity contribution >= 4 is 17.3 Å². The first-order valence-electron chi connectivity index (χ1n) is 7.39. The first-order chi connectivity index (χ1) is 10.4. The fraction of sp³-hybridized carbons (Fsp3) is 0.600. The van der Waals surface area contributed by atoms with Crippen LogP contribution in [0, 0.1) is 0 Å². The van der Waals surface area contributed by atoms with Crippen LogP contribution < -0.4 is 0 Å². The molecule has 0 aromatic heterocycles. The molecule has 1 unspecified atom stereocenters. The maximum Gasteiger partial charge on any atom is 0.358 e. The Morgan fingerprint density at radius 2 is 1.64 bits per heavy atom. The minimum Gasteiger partial charge on any atom is -0.310 e. The normalized spacial score (nSPS) is 21.0. The predicted molar refractivity (Wildman–Crippen MR) is 88.6 cm³/mol. The second-order valence-electron chi connectivity index (χ2n) is 5.61. The molecule has 0 heterocycles. The van der Waals surface area contributed by atoms with Crippen LogP contribution in [0.25, 0.3) is 0 Å². The lowest BCUT2D eigenvalue weighted by Gasteiger charge is -2.37. The molecule has 0 bridgehead atoms. The van der Waals surface area contributed by atoms with Gasteiger partial charge in [0.25, 0.3) is 0 Å². The average Bonchev–Trinajstić information content (AvgIpc) is 2.55. The molecule has 2 rings (SSSR count). The molecule has 1 atom stereocenters. The van der Waals surface area contributed by atoms with Gasteiger partial charge in [0.2, 0.25) is 0 Å². The van der Waals surface area contributed by atoms with Crippen LogP contribution >= 0.6 is 7.60 Å². The topological polar surface area (TPSA) is 65.0 Å². The molecule has 1 aliphatic rings. The standard InChI is InChI=1S/C15H24NO4PS/c1-19-21(17,20-2)15(12-8-5-9-13-15)16-22(3,18)14-10-6-4-7-11-14/h4,6-7,10-11H,5,8-9,12-13H2,1-3H3. The third kappa shape index (κ3) is 3.30. The van der Waals surface area contributed by atoms with E-state index in [0.717, 1.165) is 19.3 Å². The highest BCUT2D eigenvalue weighted by molar-refractivity contribution is 7.93. The molecule has 0 aliphatic heterocycles. The molecule has 0 spiro atoms. The van der Waals surface area contributed by atoms with Crippen LogP contribution in [0.4, 0.5) is 0 Å². The summed E-state index contributed by atoms with van der Waals surface area (Å²) in [6, 6.07) is 9.09. The summed E-state index contributed by atoms with van der Waals surface area (Å²) in [7, 11) is -3.39. The third-order valence-corrected chi connectivity index (χ3v) is 8.68. The molecule has 0 radical (unpaired) electrons. The van der Waals surface area contributed by atoms with E-state index in [1.54, 1.807) is 18.4 Å². The lowest BCUT2D eigenvalue weighted by atomic mass is 9.95. The van der Waals surface area contributed by atoms with Crippen molar-refractivity contribution in [3.63, 3.8) is 0 Å². The predicted octanol–water partition coefficient (Wildman–Crippen LogP) is 4.29. The number of hydrogen-bond acceptors (Lipinski definition) is 5. The highest BCUT2D eigenvalue weighted by Crippen LogP contribution is 2.65. The molecule has 1 aliphatic carbocycles. The minimum atomic E-state index is -3.45. The summed E-state index contributed by atoms with van der Waals surface area (Å²) in [5, 5.41) is -1.02. The first kappa shape index (κ1) is 17.7. The van der Waals surface area contributed by atoms with Crippen molar-refractivity contribution in [2.45, 2.75) is 42.3 Å². The monoisotopic (exact) mass is 345 g/mol. The molecule has 5 nitrogen and oxygen atoms in total. The Morgan fingerprint density at radius 1 is 1.09 bits per heavy atom. The molecule has 124 valence electrons. The van der Waals surface area contributed by atoms with E-state index >= 15 is 0 Å². The van der Waals surface area contributed by atoms with Crippen molar-refractivity contribution in [2.24, 2.45) is 4.36 Å². The molecule has 1 aromatic carbocycles. The maximum atomic E-state index is 13.1. The molecular weight excluding hydrogens is 321 g/mol.